The number of likely N-dealkylation sites (tertiary alicyclic amines) is 1. The van der Waals surface area contributed by atoms with Crippen molar-refractivity contribution in [3.63, 3.8) is 0 Å². The van der Waals surface area contributed by atoms with Crippen LogP contribution >= 0.6 is 24.4 Å². The lowest BCUT2D eigenvalue weighted by Crippen LogP contribution is -2.23. The molecular formula is C9H19NOS2. The molecular weight excluding hydrogens is 202 g/mol. The van der Waals surface area contributed by atoms with E-state index >= 15 is 0 Å². The maximum Gasteiger partial charge on any atom is 0.0438 e. The smallest absolute Gasteiger partial charge is 0.0438 e. The van der Waals surface area contributed by atoms with Crippen molar-refractivity contribution in [2.24, 2.45) is 0 Å². The summed E-state index contributed by atoms with van der Waals surface area (Å²) in [6, 6.07) is 0. The van der Waals surface area contributed by atoms with Crippen LogP contribution < -0.4 is 0 Å². The van der Waals surface area contributed by atoms with Crippen LogP contribution in [0, 0.1) is 0 Å². The summed E-state index contributed by atoms with van der Waals surface area (Å²) in [5, 5.41) is 9.18. The zero-order valence-electron chi connectivity index (χ0n) is 7.98. The lowest BCUT2D eigenvalue weighted by atomic mass is 10.4. The van der Waals surface area contributed by atoms with Gasteiger partial charge in [-0.05, 0) is 25.1 Å². The molecule has 0 bridgehead atoms. The van der Waals surface area contributed by atoms with Crippen LogP contribution in [0.15, 0.2) is 0 Å². The number of hydrogen-bond donors (Lipinski definition) is 2. The quantitative estimate of drug-likeness (QED) is 0.519. The first-order valence-electron chi connectivity index (χ1n) is 4.92. The van der Waals surface area contributed by atoms with Crippen molar-refractivity contribution in [1.82, 2.24) is 4.90 Å². The van der Waals surface area contributed by atoms with Gasteiger partial charge in [0.1, 0.15) is 0 Å². The first-order chi connectivity index (χ1) is 6.33. The van der Waals surface area contributed by atoms with Gasteiger partial charge in [-0.25, -0.2) is 0 Å². The Morgan fingerprint density at radius 2 is 2.31 bits per heavy atom. The second kappa shape index (κ2) is 6.98. The molecule has 1 heterocycles. The van der Waals surface area contributed by atoms with E-state index in [1.807, 2.05) is 11.8 Å². The Hall–Kier alpha value is 0.620. The van der Waals surface area contributed by atoms with Gasteiger partial charge >= 0.3 is 0 Å². The first kappa shape index (κ1) is 11.7. The van der Waals surface area contributed by atoms with Gasteiger partial charge < -0.3 is 10.0 Å². The molecule has 0 aromatic carbocycles. The van der Waals surface area contributed by atoms with E-state index in [1.54, 1.807) is 0 Å². The van der Waals surface area contributed by atoms with E-state index in [0.717, 1.165) is 18.7 Å². The molecule has 1 rings (SSSR count). The molecule has 1 unspecified atom stereocenters. The van der Waals surface area contributed by atoms with Gasteiger partial charge in [-0.3, -0.25) is 0 Å². The van der Waals surface area contributed by atoms with E-state index in [9.17, 15) is 0 Å². The average molecular weight is 221 g/mol. The number of thiol groups is 1. The van der Waals surface area contributed by atoms with Crippen molar-refractivity contribution >= 4 is 24.4 Å². The number of aliphatic hydroxyl groups excluding tert-OH is 1. The maximum atomic E-state index is 8.58. The molecule has 78 valence electrons. The van der Waals surface area contributed by atoms with Gasteiger partial charge in [0.25, 0.3) is 0 Å². The van der Waals surface area contributed by atoms with Crippen molar-refractivity contribution in [2.75, 3.05) is 37.7 Å². The van der Waals surface area contributed by atoms with Gasteiger partial charge in [-0.2, -0.15) is 24.4 Å². The third kappa shape index (κ3) is 5.15. The highest BCUT2D eigenvalue weighted by molar-refractivity contribution is 7.99. The molecule has 0 spiro atoms. The summed E-state index contributed by atoms with van der Waals surface area (Å²) in [7, 11) is 0. The highest BCUT2D eigenvalue weighted by atomic mass is 32.2. The summed E-state index contributed by atoms with van der Waals surface area (Å²) in [4.78, 5) is 2.48. The second-order valence-electron chi connectivity index (χ2n) is 3.43. The van der Waals surface area contributed by atoms with E-state index in [0.29, 0.717) is 11.9 Å². The van der Waals surface area contributed by atoms with E-state index in [2.05, 4.69) is 17.5 Å². The Morgan fingerprint density at radius 1 is 1.46 bits per heavy atom. The Bertz CT molecular complexity index is 135. The zero-order valence-corrected chi connectivity index (χ0v) is 9.70. The highest BCUT2D eigenvalue weighted by Gasteiger charge is 2.18. The van der Waals surface area contributed by atoms with E-state index in [4.69, 9.17) is 5.11 Å². The summed E-state index contributed by atoms with van der Waals surface area (Å²) in [6.07, 6.45) is 2.17. The van der Waals surface area contributed by atoms with Crippen molar-refractivity contribution in [3.8, 4) is 0 Å². The fourth-order valence-electron chi connectivity index (χ4n) is 1.48. The summed E-state index contributed by atoms with van der Waals surface area (Å²) in [5.74, 6) is 2.29. The van der Waals surface area contributed by atoms with Crippen molar-refractivity contribution in [2.45, 2.75) is 18.1 Å². The molecule has 4 heteroatoms. The number of rotatable bonds is 6. The number of aliphatic hydroxyl groups is 1. The molecule has 1 fully saturated rings. The van der Waals surface area contributed by atoms with E-state index in [-0.39, 0.29) is 0 Å². The topological polar surface area (TPSA) is 23.5 Å². The minimum atomic E-state index is 0.329. The van der Waals surface area contributed by atoms with Crippen LogP contribution in [0.4, 0.5) is 0 Å². The third-order valence-corrected chi connectivity index (χ3v) is 3.72. The van der Waals surface area contributed by atoms with Gasteiger partial charge in [-0.1, -0.05) is 0 Å². The molecule has 1 saturated heterocycles. The summed E-state index contributed by atoms with van der Waals surface area (Å²) in [5.41, 5.74) is 0. The predicted molar refractivity (Wildman–Crippen MR) is 62.9 cm³/mol. The number of hydrogen-bond acceptors (Lipinski definition) is 4. The molecule has 0 aliphatic carbocycles. The normalized spacial score (nSPS) is 24.0. The summed E-state index contributed by atoms with van der Waals surface area (Å²) in [6.45, 7) is 3.89. The summed E-state index contributed by atoms with van der Waals surface area (Å²) >= 11 is 6.39. The standard InChI is InChI=1S/C9H19NOS2/c11-5-1-6-13-7-4-10-3-2-9(12)8-10/h9,11-12H,1-8H2. The lowest BCUT2D eigenvalue weighted by Gasteiger charge is -2.13. The average Bonchev–Trinajstić information content (AvgIpc) is 2.51. The van der Waals surface area contributed by atoms with E-state index in [1.165, 1.54) is 25.3 Å². The minimum absolute atomic E-state index is 0.329. The van der Waals surface area contributed by atoms with Gasteiger partial charge in [-0.15, -0.1) is 0 Å². The van der Waals surface area contributed by atoms with E-state index < -0.39 is 0 Å². The monoisotopic (exact) mass is 221 g/mol. The fourth-order valence-corrected chi connectivity index (χ4v) is 2.75. The molecule has 13 heavy (non-hydrogen) atoms. The van der Waals surface area contributed by atoms with Crippen LogP contribution in [0.1, 0.15) is 12.8 Å². The molecule has 0 aromatic heterocycles. The molecule has 1 aliphatic heterocycles. The Labute approximate surface area is 90.5 Å². The first-order valence-corrected chi connectivity index (χ1v) is 6.59. The van der Waals surface area contributed by atoms with Crippen molar-refractivity contribution < 1.29 is 5.11 Å². The predicted octanol–water partition coefficient (Wildman–Crippen LogP) is 1.11. The van der Waals surface area contributed by atoms with Crippen LogP contribution in [0.2, 0.25) is 0 Å². The minimum Gasteiger partial charge on any atom is -0.396 e. The molecule has 2 nitrogen and oxygen atoms in total. The lowest BCUT2D eigenvalue weighted by molar-refractivity contribution is 0.296. The SMILES string of the molecule is OCCCSCCN1CCC(S)C1. The number of nitrogens with zero attached hydrogens (tertiary/aromatic N) is 1. The highest BCUT2D eigenvalue weighted by Crippen LogP contribution is 2.14. The van der Waals surface area contributed by atoms with Crippen LogP contribution in [0.5, 0.6) is 0 Å². The van der Waals surface area contributed by atoms with Crippen LogP contribution in [0.25, 0.3) is 0 Å². The zero-order chi connectivity index (χ0) is 9.52. The molecule has 0 amide bonds. The van der Waals surface area contributed by atoms with Crippen molar-refractivity contribution in [3.05, 3.63) is 0 Å². The third-order valence-electron chi connectivity index (χ3n) is 2.25. The Kier molecular flexibility index (Phi) is 6.28. The molecule has 1 N–H and O–H groups in total. The van der Waals surface area contributed by atoms with Gasteiger partial charge in [0.05, 0.1) is 0 Å². The maximum absolute atomic E-state index is 8.58. The van der Waals surface area contributed by atoms with Crippen LogP contribution in [-0.2, 0) is 0 Å². The molecule has 1 atom stereocenters. The van der Waals surface area contributed by atoms with Gasteiger partial charge in [0.15, 0.2) is 0 Å². The molecule has 0 radical (unpaired) electrons. The second-order valence-corrected chi connectivity index (χ2v) is 5.39. The largest absolute Gasteiger partial charge is 0.396 e. The summed E-state index contributed by atoms with van der Waals surface area (Å²) < 4.78 is 0. The van der Waals surface area contributed by atoms with Crippen molar-refractivity contribution in [1.29, 1.82) is 0 Å². The Morgan fingerprint density at radius 3 is 2.92 bits per heavy atom. The fraction of sp³-hybridized carbons (Fsp3) is 1.00. The van der Waals surface area contributed by atoms with Gasteiger partial charge in [0.2, 0.25) is 0 Å². The molecule has 0 saturated carbocycles. The molecule has 1 aliphatic rings. The number of thioether (sulfide) groups is 1. The van der Waals surface area contributed by atoms with Crippen LogP contribution in [0.3, 0.4) is 0 Å². The van der Waals surface area contributed by atoms with Crippen LogP contribution in [-0.4, -0.2) is 53.0 Å². The Balaban J connectivity index is 1.88. The van der Waals surface area contributed by atoms with Gasteiger partial charge in [0, 0.05) is 30.7 Å². The molecule has 0 aromatic rings.